The Kier molecular flexibility index (Phi) is 4.98. The summed E-state index contributed by atoms with van der Waals surface area (Å²) in [6.07, 6.45) is 2.54. The van der Waals surface area contributed by atoms with E-state index in [9.17, 15) is 15.2 Å². The summed E-state index contributed by atoms with van der Waals surface area (Å²) >= 11 is 0. The molecule has 1 aliphatic heterocycles. The number of carbonyl (C=O) groups is 1. The topological polar surface area (TPSA) is 93.0 Å². The van der Waals surface area contributed by atoms with Gasteiger partial charge >= 0.3 is 6.09 Å². The second-order valence-corrected chi connectivity index (χ2v) is 7.96. The zero-order chi connectivity index (χ0) is 20.5. The van der Waals surface area contributed by atoms with Crippen molar-refractivity contribution in [3.8, 4) is 17.3 Å². The SMILES string of the molecule is CC(C)c1c(-c2ccnc(C#N)c2)[nH]c2ccc(C3CCN(C(=O)O)CC3)cc12. The number of H-pyrrole nitrogens is 1. The maximum absolute atomic E-state index is 11.2. The van der Waals surface area contributed by atoms with Gasteiger partial charge in [0.2, 0.25) is 0 Å². The van der Waals surface area contributed by atoms with Crippen molar-refractivity contribution in [2.75, 3.05) is 13.1 Å². The van der Waals surface area contributed by atoms with Gasteiger partial charge in [-0.05, 0) is 60.1 Å². The number of likely N-dealkylation sites (tertiary alicyclic amines) is 1. The second kappa shape index (κ2) is 7.59. The van der Waals surface area contributed by atoms with Gasteiger partial charge in [-0.25, -0.2) is 9.78 Å². The highest BCUT2D eigenvalue weighted by atomic mass is 16.4. The molecule has 0 spiro atoms. The van der Waals surface area contributed by atoms with Crippen molar-refractivity contribution in [2.45, 2.75) is 38.5 Å². The van der Waals surface area contributed by atoms with Crippen LogP contribution in [0.15, 0.2) is 36.5 Å². The van der Waals surface area contributed by atoms with E-state index in [4.69, 9.17) is 0 Å². The summed E-state index contributed by atoms with van der Waals surface area (Å²) in [4.78, 5) is 20.3. The molecule has 29 heavy (non-hydrogen) atoms. The predicted octanol–water partition coefficient (Wildman–Crippen LogP) is 5.08. The lowest BCUT2D eigenvalue weighted by molar-refractivity contribution is 0.132. The van der Waals surface area contributed by atoms with E-state index in [1.54, 1.807) is 6.20 Å². The summed E-state index contributed by atoms with van der Waals surface area (Å²) < 4.78 is 0. The lowest BCUT2D eigenvalue weighted by Crippen LogP contribution is -2.36. The van der Waals surface area contributed by atoms with Gasteiger partial charge in [0.1, 0.15) is 11.8 Å². The minimum absolute atomic E-state index is 0.307. The fraction of sp³-hybridized carbons (Fsp3) is 0.348. The highest BCUT2D eigenvalue weighted by molar-refractivity contribution is 5.92. The maximum Gasteiger partial charge on any atom is 0.407 e. The van der Waals surface area contributed by atoms with Crippen molar-refractivity contribution in [1.82, 2.24) is 14.9 Å². The van der Waals surface area contributed by atoms with Crippen molar-refractivity contribution in [2.24, 2.45) is 0 Å². The number of aromatic amines is 1. The van der Waals surface area contributed by atoms with Crippen molar-refractivity contribution < 1.29 is 9.90 Å². The Morgan fingerprint density at radius 1 is 1.28 bits per heavy atom. The van der Waals surface area contributed by atoms with E-state index in [-0.39, 0.29) is 0 Å². The Hall–Kier alpha value is -3.33. The zero-order valence-electron chi connectivity index (χ0n) is 16.6. The maximum atomic E-state index is 11.2. The molecule has 1 saturated heterocycles. The second-order valence-electron chi connectivity index (χ2n) is 7.96. The number of fused-ring (bicyclic) bond motifs is 1. The van der Waals surface area contributed by atoms with E-state index in [2.05, 4.69) is 48.1 Å². The number of amides is 1. The number of benzene rings is 1. The lowest BCUT2D eigenvalue weighted by atomic mass is 9.87. The van der Waals surface area contributed by atoms with Gasteiger partial charge in [-0.2, -0.15) is 5.26 Å². The number of nitrogens with zero attached hydrogens (tertiary/aromatic N) is 3. The summed E-state index contributed by atoms with van der Waals surface area (Å²) in [7, 11) is 0. The summed E-state index contributed by atoms with van der Waals surface area (Å²) in [5, 5.41) is 19.6. The Morgan fingerprint density at radius 3 is 2.69 bits per heavy atom. The number of aromatic nitrogens is 2. The molecule has 1 aromatic carbocycles. The quantitative estimate of drug-likeness (QED) is 0.654. The highest BCUT2D eigenvalue weighted by Gasteiger charge is 2.24. The molecule has 0 radical (unpaired) electrons. The standard InChI is InChI=1S/C23H24N4O2/c1-14(2)21-19-12-16(15-6-9-27(10-7-15)23(28)29)3-4-20(19)26-22(21)17-5-8-25-18(11-17)13-24/h3-5,8,11-12,14-15,26H,6-7,9-10H2,1-2H3,(H,28,29). The van der Waals surface area contributed by atoms with Gasteiger partial charge in [0, 0.05) is 35.8 Å². The van der Waals surface area contributed by atoms with Crippen LogP contribution < -0.4 is 0 Å². The van der Waals surface area contributed by atoms with E-state index in [0.29, 0.717) is 30.6 Å². The molecule has 4 rings (SSSR count). The van der Waals surface area contributed by atoms with Crippen LogP contribution in [0.5, 0.6) is 0 Å². The van der Waals surface area contributed by atoms with Gasteiger partial charge in [0.15, 0.2) is 0 Å². The van der Waals surface area contributed by atoms with E-state index in [0.717, 1.165) is 29.6 Å². The monoisotopic (exact) mass is 388 g/mol. The normalized spacial score (nSPS) is 15.0. The number of nitrogens with one attached hydrogen (secondary N) is 1. The molecular weight excluding hydrogens is 364 g/mol. The first-order valence-corrected chi connectivity index (χ1v) is 9.98. The third-order valence-electron chi connectivity index (χ3n) is 5.84. The van der Waals surface area contributed by atoms with Crippen LogP contribution in [-0.4, -0.2) is 39.2 Å². The first-order valence-electron chi connectivity index (χ1n) is 9.98. The molecule has 0 aliphatic carbocycles. The van der Waals surface area contributed by atoms with Crippen molar-refractivity contribution in [1.29, 1.82) is 5.26 Å². The van der Waals surface area contributed by atoms with Crippen molar-refractivity contribution in [3.05, 3.63) is 53.3 Å². The predicted molar refractivity (Wildman–Crippen MR) is 112 cm³/mol. The number of rotatable bonds is 3. The molecule has 0 atom stereocenters. The molecule has 2 aromatic heterocycles. The number of piperidine rings is 1. The number of pyridine rings is 1. The average Bonchev–Trinajstić information content (AvgIpc) is 3.13. The third-order valence-corrected chi connectivity index (χ3v) is 5.84. The summed E-state index contributed by atoms with van der Waals surface area (Å²) in [6, 6.07) is 12.4. The van der Waals surface area contributed by atoms with E-state index < -0.39 is 6.09 Å². The number of carboxylic acid groups (broad SMARTS) is 1. The Bertz CT molecular complexity index is 1100. The van der Waals surface area contributed by atoms with E-state index in [1.165, 1.54) is 21.4 Å². The lowest BCUT2D eigenvalue weighted by Gasteiger charge is -2.30. The van der Waals surface area contributed by atoms with Crippen LogP contribution in [0, 0.1) is 11.3 Å². The third kappa shape index (κ3) is 3.56. The van der Waals surface area contributed by atoms with Crippen LogP contribution in [0.4, 0.5) is 4.79 Å². The summed E-state index contributed by atoms with van der Waals surface area (Å²) in [6.45, 7) is 5.52. The van der Waals surface area contributed by atoms with E-state index in [1.807, 2.05) is 12.1 Å². The van der Waals surface area contributed by atoms with Gasteiger partial charge < -0.3 is 15.0 Å². The highest BCUT2D eigenvalue weighted by Crippen LogP contribution is 2.38. The van der Waals surface area contributed by atoms with Crippen molar-refractivity contribution in [3.63, 3.8) is 0 Å². The molecule has 0 saturated carbocycles. The molecule has 0 unspecified atom stereocenters. The zero-order valence-corrected chi connectivity index (χ0v) is 16.6. The molecule has 6 nitrogen and oxygen atoms in total. The molecule has 1 fully saturated rings. The molecule has 1 amide bonds. The molecule has 3 aromatic rings. The Balaban J connectivity index is 1.74. The van der Waals surface area contributed by atoms with Gasteiger partial charge in [-0.3, -0.25) is 0 Å². The molecule has 3 heterocycles. The smallest absolute Gasteiger partial charge is 0.407 e. The number of hydrogen-bond donors (Lipinski definition) is 2. The molecule has 1 aliphatic rings. The van der Waals surface area contributed by atoms with Crippen LogP contribution in [0.2, 0.25) is 0 Å². The number of nitriles is 1. The minimum atomic E-state index is -0.828. The summed E-state index contributed by atoms with van der Waals surface area (Å²) in [5.41, 5.74) is 5.98. The summed E-state index contributed by atoms with van der Waals surface area (Å²) in [5.74, 6) is 0.682. The number of hydrogen-bond acceptors (Lipinski definition) is 3. The van der Waals surface area contributed by atoms with Gasteiger partial charge in [0.25, 0.3) is 0 Å². The fourth-order valence-corrected chi connectivity index (χ4v) is 4.36. The van der Waals surface area contributed by atoms with Gasteiger partial charge in [-0.15, -0.1) is 0 Å². The average molecular weight is 388 g/mol. The molecule has 2 N–H and O–H groups in total. The Morgan fingerprint density at radius 2 is 2.03 bits per heavy atom. The van der Waals surface area contributed by atoms with Crippen LogP contribution >= 0.6 is 0 Å². The largest absolute Gasteiger partial charge is 0.465 e. The van der Waals surface area contributed by atoms with Crippen LogP contribution in [0.1, 0.15) is 55.3 Å². The Labute approximate surface area is 169 Å². The van der Waals surface area contributed by atoms with Gasteiger partial charge in [0.05, 0.1) is 5.69 Å². The minimum Gasteiger partial charge on any atom is -0.465 e. The first kappa shape index (κ1) is 19.0. The van der Waals surface area contributed by atoms with Crippen LogP contribution in [-0.2, 0) is 0 Å². The van der Waals surface area contributed by atoms with Crippen LogP contribution in [0.25, 0.3) is 22.2 Å². The fourth-order valence-electron chi connectivity index (χ4n) is 4.36. The first-order chi connectivity index (χ1) is 14.0. The molecule has 6 heteroatoms. The van der Waals surface area contributed by atoms with Gasteiger partial charge in [-0.1, -0.05) is 19.9 Å². The van der Waals surface area contributed by atoms with Crippen molar-refractivity contribution >= 4 is 17.0 Å². The molecule has 148 valence electrons. The molecular formula is C23H24N4O2. The van der Waals surface area contributed by atoms with Crippen LogP contribution in [0.3, 0.4) is 0 Å². The molecule has 0 bridgehead atoms. The van der Waals surface area contributed by atoms with E-state index >= 15 is 0 Å².